The first kappa shape index (κ1) is 32.4. The summed E-state index contributed by atoms with van der Waals surface area (Å²) in [5.74, 6) is -0.960. The zero-order chi connectivity index (χ0) is 33.5. The number of hydrogen-bond donors (Lipinski definition) is 3. The largest absolute Gasteiger partial charge is 0.454 e. The number of hydrogen-bond acceptors (Lipinski definition) is 6. The van der Waals surface area contributed by atoms with E-state index in [4.69, 9.17) is 21.1 Å². The van der Waals surface area contributed by atoms with Crippen molar-refractivity contribution in [1.29, 1.82) is 0 Å². The fourth-order valence-electron chi connectivity index (χ4n) is 4.77. The first-order valence-corrected chi connectivity index (χ1v) is 16.0. The molecule has 3 amide bonds. The van der Waals surface area contributed by atoms with Crippen molar-refractivity contribution in [3.8, 4) is 11.5 Å². The third-order valence-electron chi connectivity index (χ3n) is 7.16. The molecule has 1 unspecified atom stereocenters. The number of rotatable bonds is 10. The minimum atomic E-state index is -0.690. The Hall–Kier alpha value is -5.58. The smallest absolute Gasteiger partial charge is 0.272 e. The van der Waals surface area contributed by atoms with Crippen LogP contribution in [0.3, 0.4) is 0 Å². The molecule has 6 rings (SSSR count). The molecule has 1 atom stereocenters. The molecule has 0 saturated heterocycles. The average molecular weight is 680 g/mol. The summed E-state index contributed by atoms with van der Waals surface area (Å²) < 4.78 is 25.5. The molecule has 1 aliphatic heterocycles. The maximum atomic E-state index is 14.6. The molecule has 0 saturated carbocycles. The number of amides is 3. The minimum Gasteiger partial charge on any atom is -0.454 e. The molecule has 5 aromatic carbocycles. The Balaban J connectivity index is 1.19. The second kappa shape index (κ2) is 14.9. The molecule has 240 valence electrons. The topological polar surface area (TPSA) is 106 Å². The molecule has 5 aromatic rings. The lowest BCUT2D eigenvalue weighted by Gasteiger charge is -2.18. The Morgan fingerprint density at radius 2 is 1.46 bits per heavy atom. The third kappa shape index (κ3) is 7.86. The van der Waals surface area contributed by atoms with Crippen LogP contribution < -0.4 is 25.4 Å². The van der Waals surface area contributed by atoms with Crippen molar-refractivity contribution in [2.24, 2.45) is 0 Å². The number of benzene rings is 5. The molecule has 1 aliphatic rings. The molecular formula is C37H27ClFN3O5S. The van der Waals surface area contributed by atoms with Gasteiger partial charge in [-0.3, -0.25) is 14.4 Å². The molecular weight excluding hydrogens is 653 g/mol. The summed E-state index contributed by atoms with van der Waals surface area (Å²) in [4.78, 5) is 40.7. The zero-order valence-electron chi connectivity index (χ0n) is 25.1. The maximum Gasteiger partial charge on any atom is 0.272 e. The summed E-state index contributed by atoms with van der Waals surface area (Å²) in [5.41, 5.74) is 1.84. The van der Waals surface area contributed by atoms with E-state index >= 15 is 0 Å². The standard InChI is InChI=1S/C37H27ClFN3O5S/c38-29-12-7-13-30(39)28(29)21-31(42-35(43)24-10-5-2-6-11-24)36(44)40-25-14-17-27(18-15-25)48-34(23-8-3-1-4-9-23)37(45)41-26-16-19-32-33(20-26)47-22-46-32/h1-21,34H,22H2,(H,40,44)(H,41,45)(H,42,43)/b31-21-. The fraction of sp³-hybridized carbons (Fsp3) is 0.0541. The number of carbonyl (C=O) groups is 3. The molecule has 0 radical (unpaired) electrons. The molecule has 0 aliphatic carbocycles. The van der Waals surface area contributed by atoms with Crippen molar-refractivity contribution >= 4 is 58.5 Å². The number of thioether (sulfide) groups is 1. The van der Waals surface area contributed by atoms with E-state index in [0.29, 0.717) is 28.4 Å². The quantitative estimate of drug-likeness (QED) is 0.102. The Morgan fingerprint density at radius 1 is 0.771 bits per heavy atom. The Kier molecular flexibility index (Phi) is 10.0. The summed E-state index contributed by atoms with van der Waals surface area (Å²) >= 11 is 7.55. The lowest BCUT2D eigenvalue weighted by atomic mass is 10.1. The summed E-state index contributed by atoms with van der Waals surface area (Å²) in [5, 5.41) is 7.76. The van der Waals surface area contributed by atoms with Crippen molar-refractivity contribution in [3.63, 3.8) is 0 Å². The van der Waals surface area contributed by atoms with Gasteiger partial charge in [0.05, 0.1) is 5.02 Å². The first-order valence-electron chi connectivity index (χ1n) is 14.7. The summed E-state index contributed by atoms with van der Waals surface area (Å²) in [6, 6.07) is 33.9. The number of nitrogens with one attached hydrogen (secondary N) is 3. The van der Waals surface area contributed by atoms with Crippen molar-refractivity contribution < 1.29 is 28.2 Å². The highest BCUT2D eigenvalue weighted by Crippen LogP contribution is 2.38. The van der Waals surface area contributed by atoms with E-state index in [1.807, 2.05) is 30.3 Å². The molecule has 1 heterocycles. The number of ether oxygens (including phenoxy) is 2. The van der Waals surface area contributed by atoms with Crippen LogP contribution in [0, 0.1) is 5.82 Å². The van der Waals surface area contributed by atoms with Crippen LogP contribution in [0.15, 0.2) is 132 Å². The lowest BCUT2D eigenvalue weighted by Crippen LogP contribution is -2.30. The van der Waals surface area contributed by atoms with Gasteiger partial charge < -0.3 is 25.4 Å². The molecule has 3 N–H and O–H groups in total. The van der Waals surface area contributed by atoms with Gasteiger partial charge in [-0.05, 0) is 72.3 Å². The fourth-order valence-corrected chi connectivity index (χ4v) is 6.01. The summed E-state index contributed by atoms with van der Waals surface area (Å²) in [6.07, 6.45) is 1.20. The van der Waals surface area contributed by atoms with Gasteiger partial charge in [0.2, 0.25) is 12.7 Å². The van der Waals surface area contributed by atoms with Crippen LogP contribution in [0.4, 0.5) is 15.8 Å². The molecule has 0 spiro atoms. The summed E-state index contributed by atoms with van der Waals surface area (Å²) in [6.45, 7) is 0.130. The molecule has 48 heavy (non-hydrogen) atoms. The van der Waals surface area contributed by atoms with E-state index in [1.54, 1.807) is 72.8 Å². The van der Waals surface area contributed by atoms with Gasteiger partial charge in [-0.2, -0.15) is 0 Å². The van der Waals surface area contributed by atoms with Gasteiger partial charge in [0.1, 0.15) is 16.8 Å². The number of carbonyl (C=O) groups excluding carboxylic acids is 3. The van der Waals surface area contributed by atoms with E-state index < -0.39 is 22.9 Å². The predicted molar refractivity (Wildman–Crippen MR) is 185 cm³/mol. The van der Waals surface area contributed by atoms with Crippen LogP contribution in [-0.2, 0) is 9.59 Å². The maximum absolute atomic E-state index is 14.6. The molecule has 11 heteroatoms. The van der Waals surface area contributed by atoms with Crippen LogP contribution in [0.25, 0.3) is 6.08 Å². The van der Waals surface area contributed by atoms with Crippen LogP contribution in [0.5, 0.6) is 11.5 Å². The van der Waals surface area contributed by atoms with E-state index in [-0.39, 0.29) is 29.0 Å². The monoisotopic (exact) mass is 679 g/mol. The van der Waals surface area contributed by atoms with Gasteiger partial charge >= 0.3 is 0 Å². The lowest BCUT2D eigenvalue weighted by molar-refractivity contribution is -0.116. The number of fused-ring (bicyclic) bond motifs is 1. The SMILES string of the molecule is O=C(Nc1ccc(SC(C(=O)Nc2ccc3c(c2)OCO3)c2ccccc2)cc1)/C(=C/c1c(F)cccc1Cl)NC(=O)c1ccccc1. The predicted octanol–water partition coefficient (Wildman–Crippen LogP) is 8.09. The summed E-state index contributed by atoms with van der Waals surface area (Å²) in [7, 11) is 0. The molecule has 0 aromatic heterocycles. The van der Waals surface area contributed by atoms with Gasteiger partial charge in [-0.15, -0.1) is 11.8 Å². The van der Waals surface area contributed by atoms with Crippen molar-refractivity contribution in [2.45, 2.75) is 10.1 Å². The highest BCUT2D eigenvalue weighted by molar-refractivity contribution is 8.00. The molecule has 0 bridgehead atoms. The van der Waals surface area contributed by atoms with Crippen LogP contribution in [-0.4, -0.2) is 24.5 Å². The van der Waals surface area contributed by atoms with Crippen molar-refractivity contribution in [2.75, 3.05) is 17.4 Å². The molecule has 0 fully saturated rings. The van der Waals surface area contributed by atoms with Crippen molar-refractivity contribution in [1.82, 2.24) is 5.32 Å². The minimum absolute atomic E-state index is 0.0459. The highest BCUT2D eigenvalue weighted by atomic mass is 35.5. The van der Waals surface area contributed by atoms with E-state index in [2.05, 4.69) is 16.0 Å². The average Bonchev–Trinajstić information content (AvgIpc) is 3.58. The second-order valence-electron chi connectivity index (χ2n) is 10.5. The van der Waals surface area contributed by atoms with Crippen LogP contribution in [0.2, 0.25) is 5.02 Å². The van der Waals surface area contributed by atoms with E-state index in [0.717, 1.165) is 10.5 Å². The van der Waals surface area contributed by atoms with Gasteiger partial charge in [-0.25, -0.2) is 4.39 Å². The van der Waals surface area contributed by atoms with E-state index in [9.17, 15) is 18.8 Å². The van der Waals surface area contributed by atoms with Gasteiger partial charge in [0.15, 0.2) is 11.5 Å². The number of anilines is 2. The zero-order valence-corrected chi connectivity index (χ0v) is 26.7. The third-order valence-corrected chi connectivity index (χ3v) is 8.76. The highest BCUT2D eigenvalue weighted by Gasteiger charge is 2.24. The molecule has 8 nitrogen and oxygen atoms in total. The van der Waals surface area contributed by atoms with Gasteiger partial charge in [-0.1, -0.05) is 66.2 Å². The van der Waals surface area contributed by atoms with Crippen LogP contribution >= 0.6 is 23.4 Å². The van der Waals surface area contributed by atoms with Gasteiger partial charge in [0, 0.05) is 33.5 Å². The Morgan fingerprint density at radius 3 is 2.19 bits per heavy atom. The van der Waals surface area contributed by atoms with Crippen LogP contribution in [0.1, 0.15) is 26.7 Å². The number of halogens is 2. The Bertz CT molecular complexity index is 1970. The normalized spacial score (nSPS) is 12.6. The van der Waals surface area contributed by atoms with Gasteiger partial charge in [0.25, 0.3) is 11.8 Å². The first-order chi connectivity index (χ1) is 23.3. The van der Waals surface area contributed by atoms with Crippen molar-refractivity contribution in [3.05, 3.63) is 155 Å². The second-order valence-corrected chi connectivity index (χ2v) is 12.0. The Labute approximate surface area is 284 Å². The van der Waals surface area contributed by atoms with E-state index in [1.165, 1.54) is 36.0 Å².